The van der Waals surface area contributed by atoms with Gasteiger partial charge in [0.2, 0.25) is 0 Å². The van der Waals surface area contributed by atoms with Crippen molar-refractivity contribution in [1.82, 2.24) is 0 Å². The van der Waals surface area contributed by atoms with Crippen molar-refractivity contribution in [2.75, 3.05) is 6.61 Å². The summed E-state index contributed by atoms with van der Waals surface area (Å²) in [6.07, 6.45) is 22.5. The van der Waals surface area contributed by atoms with Crippen molar-refractivity contribution in [3.05, 3.63) is 29.8 Å². The Morgan fingerprint density at radius 1 is 0.733 bits per heavy atom. The molecule has 0 bridgehead atoms. The molecule has 1 nitrogen and oxygen atoms in total. The van der Waals surface area contributed by atoms with Crippen molar-refractivity contribution in [2.45, 2.75) is 117 Å². The molecule has 1 heteroatoms. The second-order valence-electron chi connectivity index (χ2n) is 10.4. The Morgan fingerprint density at radius 3 is 2.00 bits per heavy atom. The summed E-state index contributed by atoms with van der Waals surface area (Å²) in [6.45, 7) is 5.57. The normalized spacial score (nSPS) is 27.1. The molecule has 2 saturated carbocycles. The molecule has 0 aliphatic heterocycles. The van der Waals surface area contributed by atoms with Gasteiger partial charge in [-0.25, -0.2) is 0 Å². The fraction of sp³-hybridized carbons (Fsp3) is 0.793. The van der Waals surface area contributed by atoms with Crippen LogP contribution in [-0.2, 0) is 6.42 Å². The maximum Gasteiger partial charge on any atom is 0.119 e. The first kappa shape index (κ1) is 23.7. The third-order valence-electron chi connectivity index (χ3n) is 8.29. The summed E-state index contributed by atoms with van der Waals surface area (Å²) in [5.74, 6) is 5.00. The molecule has 0 N–H and O–H groups in total. The first-order chi connectivity index (χ1) is 14.8. The highest BCUT2D eigenvalue weighted by Crippen LogP contribution is 2.36. The van der Waals surface area contributed by atoms with E-state index in [2.05, 4.69) is 38.1 Å². The van der Waals surface area contributed by atoms with Crippen LogP contribution < -0.4 is 4.74 Å². The van der Waals surface area contributed by atoms with Gasteiger partial charge >= 0.3 is 0 Å². The van der Waals surface area contributed by atoms with Gasteiger partial charge in [-0.05, 0) is 67.1 Å². The fourth-order valence-electron chi connectivity index (χ4n) is 6.10. The highest BCUT2D eigenvalue weighted by molar-refractivity contribution is 5.27. The van der Waals surface area contributed by atoms with E-state index in [9.17, 15) is 0 Å². The van der Waals surface area contributed by atoms with Crippen molar-refractivity contribution in [3.63, 3.8) is 0 Å². The van der Waals surface area contributed by atoms with Crippen molar-refractivity contribution in [1.29, 1.82) is 0 Å². The summed E-state index contributed by atoms with van der Waals surface area (Å²) in [7, 11) is 0. The van der Waals surface area contributed by atoms with Gasteiger partial charge in [0.05, 0.1) is 6.61 Å². The zero-order valence-corrected chi connectivity index (χ0v) is 20.0. The minimum absolute atomic E-state index is 0.886. The lowest BCUT2D eigenvalue weighted by Crippen LogP contribution is -2.20. The fourth-order valence-corrected chi connectivity index (χ4v) is 6.10. The number of unbranched alkanes of at least 4 members (excludes halogenated alkanes) is 1. The molecular formula is C29H48O. The van der Waals surface area contributed by atoms with Crippen LogP contribution in [0.5, 0.6) is 5.75 Å². The lowest BCUT2D eigenvalue weighted by Gasteiger charge is -2.31. The monoisotopic (exact) mass is 412 g/mol. The molecule has 1 aromatic carbocycles. The molecule has 0 amide bonds. The van der Waals surface area contributed by atoms with E-state index in [0.717, 1.165) is 36.0 Å². The molecule has 2 aliphatic carbocycles. The number of hydrogen-bond donors (Lipinski definition) is 0. The second-order valence-corrected chi connectivity index (χ2v) is 10.4. The third kappa shape index (κ3) is 7.93. The van der Waals surface area contributed by atoms with E-state index in [1.165, 1.54) is 108 Å². The Hall–Kier alpha value is -0.980. The van der Waals surface area contributed by atoms with Gasteiger partial charge in [-0.1, -0.05) is 103 Å². The number of rotatable bonds is 12. The SMILES string of the molecule is CCCCC1CCCCC1CCCOc1ccc(CCC2CCC(CC)CC2)cc1. The van der Waals surface area contributed by atoms with Crippen molar-refractivity contribution in [3.8, 4) is 5.75 Å². The zero-order valence-electron chi connectivity index (χ0n) is 20.0. The highest BCUT2D eigenvalue weighted by Gasteiger charge is 2.24. The summed E-state index contributed by atoms with van der Waals surface area (Å²) < 4.78 is 6.09. The van der Waals surface area contributed by atoms with Gasteiger partial charge in [-0.3, -0.25) is 0 Å². The molecule has 0 aromatic heterocycles. The van der Waals surface area contributed by atoms with Crippen molar-refractivity contribution >= 4 is 0 Å². The molecule has 1 aromatic rings. The number of hydrogen-bond acceptors (Lipinski definition) is 1. The minimum atomic E-state index is 0.886. The van der Waals surface area contributed by atoms with E-state index >= 15 is 0 Å². The highest BCUT2D eigenvalue weighted by atomic mass is 16.5. The van der Waals surface area contributed by atoms with Crippen LogP contribution in [0.3, 0.4) is 0 Å². The van der Waals surface area contributed by atoms with E-state index in [1.54, 1.807) is 0 Å². The van der Waals surface area contributed by atoms with Crippen LogP contribution in [0.4, 0.5) is 0 Å². The average Bonchev–Trinajstić information content (AvgIpc) is 2.81. The van der Waals surface area contributed by atoms with Crippen molar-refractivity contribution in [2.24, 2.45) is 23.7 Å². The van der Waals surface area contributed by atoms with Gasteiger partial charge in [-0.15, -0.1) is 0 Å². The largest absolute Gasteiger partial charge is 0.494 e. The zero-order chi connectivity index (χ0) is 21.0. The maximum absolute atomic E-state index is 6.09. The van der Waals surface area contributed by atoms with Gasteiger partial charge in [0.25, 0.3) is 0 Å². The van der Waals surface area contributed by atoms with Gasteiger partial charge in [0, 0.05) is 0 Å². The molecule has 2 fully saturated rings. The molecule has 0 spiro atoms. The van der Waals surface area contributed by atoms with E-state index in [1.807, 2.05) is 0 Å². The van der Waals surface area contributed by atoms with Crippen LogP contribution in [0.1, 0.15) is 116 Å². The molecule has 0 heterocycles. The molecule has 2 unspecified atom stereocenters. The third-order valence-corrected chi connectivity index (χ3v) is 8.29. The topological polar surface area (TPSA) is 9.23 Å². The molecule has 0 saturated heterocycles. The number of aryl methyl sites for hydroxylation is 1. The lowest BCUT2D eigenvalue weighted by atomic mass is 9.75. The maximum atomic E-state index is 6.09. The van der Waals surface area contributed by atoms with E-state index in [0.29, 0.717) is 0 Å². The predicted molar refractivity (Wildman–Crippen MR) is 130 cm³/mol. The Kier molecular flexibility index (Phi) is 10.6. The smallest absolute Gasteiger partial charge is 0.119 e. The molecule has 30 heavy (non-hydrogen) atoms. The Bertz CT molecular complexity index is 554. The number of benzene rings is 1. The first-order valence-corrected chi connectivity index (χ1v) is 13.5. The summed E-state index contributed by atoms with van der Waals surface area (Å²) in [5.41, 5.74) is 1.49. The van der Waals surface area contributed by atoms with E-state index in [-0.39, 0.29) is 0 Å². The van der Waals surface area contributed by atoms with Gasteiger partial charge < -0.3 is 4.74 Å². The predicted octanol–water partition coefficient (Wildman–Crippen LogP) is 8.99. The number of ether oxygens (including phenoxy) is 1. The molecule has 0 radical (unpaired) electrons. The molecule has 2 aliphatic rings. The first-order valence-electron chi connectivity index (χ1n) is 13.5. The summed E-state index contributed by atoms with van der Waals surface area (Å²) in [4.78, 5) is 0. The van der Waals surface area contributed by atoms with Crippen LogP contribution >= 0.6 is 0 Å². The van der Waals surface area contributed by atoms with E-state index < -0.39 is 0 Å². The second kappa shape index (κ2) is 13.4. The standard InChI is InChI=1S/C29H48O/c1-3-5-9-27-10-6-7-11-28(27)12-8-23-30-29-21-19-26(20-22-29)18-17-25-15-13-24(4-2)14-16-25/h19-22,24-25,27-28H,3-18,23H2,1-2H3. The summed E-state index contributed by atoms with van der Waals surface area (Å²) >= 11 is 0. The quantitative estimate of drug-likeness (QED) is 0.311. The van der Waals surface area contributed by atoms with Crippen LogP contribution in [0, 0.1) is 23.7 Å². The molecule has 2 atom stereocenters. The van der Waals surface area contributed by atoms with Crippen molar-refractivity contribution < 1.29 is 4.74 Å². The molecule has 3 rings (SSSR count). The minimum Gasteiger partial charge on any atom is -0.494 e. The van der Waals surface area contributed by atoms with E-state index in [4.69, 9.17) is 4.74 Å². The van der Waals surface area contributed by atoms with Gasteiger partial charge in [0.15, 0.2) is 0 Å². The van der Waals surface area contributed by atoms with Crippen LogP contribution in [-0.4, -0.2) is 6.61 Å². The summed E-state index contributed by atoms with van der Waals surface area (Å²) in [6, 6.07) is 9.01. The van der Waals surface area contributed by atoms with Crippen LogP contribution in [0.25, 0.3) is 0 Å². The lowest BCUT2D eigenvalue weighted by molar-refractivity contribution is 0.191. The molecule has 170 valence electrons. The Labute approximate surface area is 187 Å². The Balaban J connectivity index is 1.31. The molecular weight excluding hydrogens is 364 g/mol. The summed E-state index contributed by atoms with van der Waals surface area (Å²) in [5, 5.41) is 0. The average molecular weight is 413 g/mol. The van der Waals surface area contributed by atoms with Gasteiger partial charge in [-0.2, -0.15) is 0 Å². The Morgan fingerprint density at radius 2 is 1.37 bits per heavy atom. The van der Waals surface area contributed by atoms with Crippen LogP contribution in [0.2, 0.25) is 0 Å². The van der Waals surface area contributed by atoms with Gasteiger partial charge in [0.1, 0.15) is 5.75 Å². The van der Waals surface area contributed by atoms with Crippen LogP contribution in [0.15, 0.2) is 24.3 Å².